The second-order valence-corrected chi connectivity index (χ2v) is 9.97. The normalized spacial score (nSPS) is 30.9. The summed E-state index contributed by atoms with van der Waals surface area (Å²) >= 11 is 6.09. The minimum absolute atomic E-state index is 0.0188. The second-order valence-electron chi connectivity index (χ2n) is 9.54. The maximum atomic E-state index is 13.5. The van der Waals surface area contributed by atoms with Gasteiger partial charge in [-0.25, -0.2) is 0 Å². The third-order valence-electron chi connectivity index (χ3n) is 7.25. The molecule has 0 unspecified atom stereocenters. The highest BCUT2D eigenvalue weighted by atomic mass is 35.5. The molecule has 0 radical (unpaired) electrons. The zero-order valence-electron chi connectivity index (χ0n) is 16.7. The summed E-state index contributed by atoms with van der Waals surface area (Å²) in [4.78, 5) is 13.5. The second kappa shape index (κ2) is 7.77. The molecule has 0 heterocycles. The van der Waals surface area contributed by atoms with Crippen LogP contribution in [0.4, 0.5) is 0 Å². The minimum Gasteiger partial charge on any atom is -0.349 e. The molecule has 4 aliphatic carbocycles. The van der Waals surface area contributed by atoms with Crippen molar-refractivity contribution in [3.8, 4) is 0 Å². The maximum absolute atomic E-state index is 13.5. The molecule has 4 aliphatic rings. The van der Waals surface area contributed by atoms with Crippen LogP contribution in [0.15, 0.2) is 54.6 Å². The van der Waals surface area contributed by atoms with Crippen molar-refractivity contribution >= 4 is 17.5 Å². The summed E-state index contributed by atoms with van der Waals surface area (Å²) in [6.07, 6.45) is 7.62. The SMILES string of the molecule is O=C(NC12CC3CC(CC(C3)C1)C2)[C@@H](NCc1ccccc1)c1ccc(Cl)cc1. The van der Waals surface area contributed by atoms with E-state index in [-0.39, 0.29) is 17.5 Å². The van der Waals surface area contributed by atoms with E-state index in [1.165, 1.54) is 24.8 Å². The first-order chi connectivity index (χ1) is 14.1. The first-order valence-electron chi connectivity index (χ1n) is 10.9. The van der Waals surface area contributed by atoms with Crippen molar-refractivity contribution < 1.29 is 4.79 Å². The number of amides is 1. The highest BCUT2D eigenvalue weighted by Crippen LogP contribution is 2.55. The van der Waals surface area contributed by atoms with Gasteiger partial charge in [0.15, 0.2) is 0 Å². The van der Waals surface area contributed by atoms with Crippen LogP contribution in [0.2, 0.25) is 5.02 Å². The summed E-state index contributed by atoms with van der Waals surface area (Å²) in [5.74, 6) is 2.54. The van der Waals surface area contributed by atoms with Gasteiger partial charge in [0, 0.05) is 17.1 Å². The van der Waals surface area contributed by atoms with Crippen LogP contribution < -0.4 is 10.6 Å². The van der Waals surface area contributed by atoms with Crippen molar-refractivity contribution in [1.82, 2.24) is 10.6 Å². The minimum atomic E-state index is -0.375. The van der Waals surface area contributed by atoms with Gasteiger partial charge in [-0.3, -0.25) is 10.1 Å². The molecular weight excluding hydrogens is 380 g/mol. The van der Waals surface area contributed by atoms with Crippen LogP contribution in [0.5, 0.6) is 0 Å². The molecule has 1 atom stereocenters. The molecule has 0 saturated heterocycles. The molecule has 0 spiro atoms. The van der Waals surface area contributed by atoms with E-state index < -0.39 is 0 Å². The molecule has 6 rings (SSSR count). The number of rotatable bonds is 6. The van der Waals surface area contributed by atoms with Crippen LogP contribution >= 0.6 is 11.6 Å². The maximum Gasteiger partial charge on any atom is 0.242 e. The van der Waals surface area contributed by atoms with E-state index in [2.05, 4.69) is 22.8 Å². The molecule has 0 aromatic heterocycles. The van der Waals surface area contributed by atoms with Crippen molar-refractivity contribution in [2.45, 2.75) is 56.7 Å². The number of carbonyl (C=O) groups is 1. The molecule has 29 heavy (non-hydrogen) atoms. The van der Waals surface area contributed by atoms with Crippen LogP contribution in [0, 0.1) is 17.8 Å². The lowest BCUT2D eigenvalue weighted by Crippen LogP contribution is -2.61. The van der Waals surface area contributed by atoms with Gasteiger partial charge in [0.05, 0.1) is 0 Å². The van der Waals surface area contributed by atoms with E-state index in [1.54, 1.807) is 0 Å². The number of halogens is 1. The van der Waals surface area contributed by atoms with E-state index in [0.717, 1.165) is 42.6 Å². The average molecular weight is 409 g/mol. The van der Waals surface area contributed by atoms with E-state index in [0.29, 0.717) is 11.6 Å². The standard InChI is InChI=1S/C25H29ClN2O/c26-22-8-6-21(7-9-22)23(27-16-17-4-2-1-3-5-17)24(29)28-25-13-18-10-19(14-25)12-20(11-18)15-25/h1-9,18-20,23,27H,10-16H2,(H,28,29)/t18?,19?,20?,23-,25?/m0/s1. The molecule has 4 heteroatoms. The Hall–Kier alpha value is -1.84. The van der Waals surface area contributed by atoms with Gasteiger partial charge in [-0.2, -0.15) is 0 Å². The molecule has 3 nitrogen and oxygen atoms in total. The molecule has 4 bridgehead atoms. The summed E-state index contributed by atoms with van der Waals surface area (Å²) in [6.45, 7) is 0.655. The summed E-state index contributed by atoms with van der Waals surface area (Å²) in [5.41, 5.74) is 2.16. The van der Waals surface area contributed by atoms with Crippen LogP contribution in [-0.4, -0.2) is 11.4 Å². The first-order valence-corrected chi connectivity index (χ1v) is 11.3. The largest absolute Gasteiger partial charge is 0.349 e. The highest BCUT2D eigenvalue weighted by Gasteiger charge is 2.51. The van der Waals surface area contributed by atoms with Gasteiger partial charge in [-0.15, -0.1) is 0 Å². The molecule has 2 N–H and O–H groups in total. The van der Waals surface area contributed by atoms with Gasteiger partial charge in [0.1, 0.15) is 6.04 Å². The Labute approximate surface area is 178 Å². The van der Waals surface area contributed by atoms with Crippen molar-refractivity contribution in [2.24, 2.45) is 17.8 Å². The quantitative estimate of drug-likeness (QED) is 0.684. The molecule has 4 fully saturated rings. The summed E-state index contributed by atoms with van der Waals surface area (Å²) in [7, 11) is 0. The molecular formula is C25H29ClN2O. The molecule has 1 amide bonds. The number of benzene rings is 2. The molecule has 2 aromatic carbocycles. The number of carbonyl (C=O) groups excluding carboxylic acids is 1. The number of nitrogens with one attached hydrogen (secondary N) is 2. The van der Waals surface area contributed by atoms with Gasteiger partial charge in [0.25, 0.3) is 0 Å². The zero-order valence-corrected chi connectivity index (χ0v) is 17.5. The molecule has 2 aromatic rings. The van der Waals surface area contributed by atoms with Crippen molar-refractivity contribution in [3.05, 3.63) is 70.7 Å². The summed E-state index contributed by atoms with van der Waals surface area (Å²) in [5, 5.41) is 7.73. The van der Waals surface area contributed by atoms with Crippen LogP contribution in [0.1, 0.15) is 55.7 Å². The fourth-order valence-electron chi connectivity index (χ4n) is 6.43. The lowest BCUT2D eigenvalue weighted by Gasteiger charge is -2.57. The van der Waals surface area contributed by atoms with Crippen LogP contribution in [0.25, 0.3) is 0 Å². The van der Waals surface area contributed by atoms with E-state index in [1.807, 2.05) is 42.5 Å². The van der Waals surface area contributed by atoms with Crippen molar-refractivity contribution in [1.29, 1.82) is 0 Å². The smallest absolute Gasteiger partial charge is 0.242 e. The van der Waals surface area contributed by atoms with E-state index in [4.69, 9.17) is 11.6 Å². The highest BCUT2D eigenvalue weighted by molar-refractivity contribution is 6.30. The van der Waals surface area contributed by atoms with Crippen molar-refractivity contribution in [3.63, 3.8) is 0 Å². The van der Waals surface area contributed by atoms with Crippen LogP contribution in [-0.2, 0) is 11.3 Å². The topological polar surface area (TPSA) is 41.1 Å². The molecule has 4 saturated carbocycles. The predicted molar refractivity (Wildman–Crippen MR) is 117 cm³/mol. The van der Waals surface area contributed by atoms with Gasteiger partial charge < -0.3 is 5.32 Å². The van der Waals surface area contributed by atoms with Gasteiger partial charge in [-0.1, -0.05) is 54.1 Å². The Morgan fingerprint density at radius 3 is 2.10 bits per heavy atom. The Kier molecular flexibility index (Phi) is 5.13. The number of hydrogen-bond donors (Lipinski definition) is 2. The average Bonchev–Trinajstić information content (AvgIpc) is 2.69. The Morgan fingerprint density at radius 2 is 1.52 bits per heavy atom. The Balaban J connectivity index is 1.35. The fourth-order valence-corrected chi connectivity index (χ4v) is 6.56. The Bertz CT molecular complexity index is 829. The molecule has 0 aliphatic heterocycles. The van der Waals surface area contributed by atoms with Gasteiger partial charge in [-0.05, 0) is 79.5 Å². The number of hydrogen-bond acceptors (Lipinski definition) is 2. The van der Waals surface area contributed by atoms with E-state index >= 15 is 0 Å². The lowest BCUT2D eigenvalue weighted by molar-refractivity contribution is -0.129. The lowest BCUT2D eigenvalue weighted by atomic mass is 9.53. The Morgan fingerprint density at radius 1 is 0.931 bits per heavy atom. The first kappa shape index (κ1) is 19.1. The van der Waals surface area contributed by atoms with Gasteiger partial charge >= 0.3 is 0 Å². The predicted octanol–water partition coefficient (Wildman–Crippen LogP) is 5.26. The monoisotopic (exact) mass is 408 g/mol. The van der Waals surface area contributed by atoms with Crippen molar-refractivity contribution in [2.75, 3.05) is 0 Å². The fraction of sp³-hybridized carbons (Fsp3) is 0.480. The summed E-state index contributed by atoms with van der Waals surface area (Å²) < 4.78 is 0. The zero-order chi connectivity index (χ0) is 19.8. The summed E-state index contributed by atoms with van der Waals surface area (Å²) in [6, 6.07) is 17.5. The third-order valence-corrected chi connectivity index (χ3v) is 7.50. The van der Waals surface area contributed by atoms with E-state index in [9.17, 15) is 4.79 Å². The van der Waals surface area contributed by atoms with Gasteiger partial charge in [0.2, 0.25) is 5.91 Å². The third kappa shape index (κ3) is 4.08. The molecule has 152 valence electrons. The van der Waals surface area contributed by atoms with Crippen LogP contribution in [0.3, 0.4) is 0 Å².